The van der Waals surface area contributed by atoms with Gasteiger partial charge in [-0.25, -0.2) is 13.8 Å². The maximum atomic E-state index is 13.7. The number of nitrogens with two attached hydrogens (primary N) is 1. The molecule has 1 saturated heterocycles. The highest BCUT2D eigenvalue weighted by atomic mass is 32.2. The van der Waals surface area contributed by atoms with Gasteiger partial charge < -0.3 is 31.1 Å². The van der Waals surface area contributed by atoms with Gasteiger partial charge in [-0.3, -0.25) is 0 Å². The van der Waals surface area contributed by atoms with Crippen molar-refractivity contribution < 1.29 is 28.8 Å². The number of ether oxygens (including phenoxy) is 1. The van der Waals surface area contributed by atoms with Crippen LogP contribution in [0.15, 0.2) is 41.6 Å². The van der Waals surface area contributed by atoms with Crippen molar-refractivity contribution in [1.82, 2.24) is 10.3 Å². The van der Waals surface area contributed by atoms with Crippen LogP contribution in [0, 0.1) is 29.9 Å². The molecule has 0 aliphatic carbocycles. The van der Waals surface area contributed by atoms with Crippen molar-refractivity contribution in [3.63, 3.8) is 0 Å². The second-order valence-corrected chi connectivity index (χ2v) is 8.37. The molecule has 1 aromatic carbocycles. The van der Waals surface area contributed by atoms with E-state index in [1.807, 2.05) is 6.07 Å². The molecule has 0 amide bonds. The second-order valence-electron chi connectivity index (χ2n) is 7.20. The quantitative estimate of drug-likeness (QED) is 0.422. The van der Waals surface area contributed by atoms with Gasteiger partial charge >= 0.3 is 0 Å². The van der Waals surface area contributed by atoms with Gasteiger partial charge in [0.2, 0.25) is 0 Å². The Bertz CT molecular complexity index is 1010. The number of benzene rings is 1. The molecule has 1 aromatic heterocycles. The highest BCUT2D eigenvalue weighted by Crippen LogP contribution is 2.33. The third-order valence-electron chi connectivity index (χ3n) is 4.96. The lowest BCUT2D eigenvalue weighted by Crippen LogP contribution is -2.62. The van der Waals surface area contributed by atoms with Gasteiger partial charge in [-0.05, 0) is 36.8 Å². The monoisotopic (exact) mass is 464 g/mol. The summed E-state index contributed by atoms with van der Waals surface area (Å²) >= 11 is 1.10. The van der Waals surface area contributed by atoms with E-state index in [-0.39, 0.29) is 22.5 Å². The Morgan fingerprint density at radius 2 is 2.09 bits per heavy atom. The number of aromatic nitrogens is 1. The third kappa shape index (κ3) is 5.17. The Labute approximate surface area is 187 Å². The van der Waals surface area contributed by atoms with Crippen molar-refractivity contribution in [1.29, 1.82) is 5.26 Å². The van der Waals surface area contributed by atoms with E-state index in [1.54, 1.807) is 6.07 Å². The third-order valence-corrected chi connectivity index (χ3v) is 6.10. The van der Waals surface area contributed by atoms with E-state index in [2.05, 4.69) is 10.3 Å². The summed E-state index contributed by atoms with van der Waals surface area (Å²) in [5, 5.41) is 42.5. The summed E-state index contributed by atoms with van der Waals surface area (Å²) in [5.41, 5.74) is 5.67. The summed E-state index contributed by atoms with van der Waals surface area (Å²) in [7, 11) is 0. The van der Waals surface area contributed by atoms with Crippen molar-refractivity contribution in [2.45, 2.75) is 41.6 Å². The molecule has 32 heavy (non-hydrogen) atoms. The first-order chi connectivity index (χ1) is 15.2. The lowest BCUT2D eigenvalue weighted by Gasteiger charge is -2.42. The van der Waals surface area contributed by atoms with Crippen LogP contribution < -0.4 is 11.1 Å². The fourth-order valence-electron chi connectivity index (χ4n) is 3.19. The van der Waals surface area contributed by atoms with Gasteiger partial charge in [0.05, 0.1) is 18.3 Å². The lowest BCUT2D eigenvalue weighted by molar-refractivity contribution is -0.164. The largest absolute Gasteiger partial charge is 0.397 e. The van der Waals surface area contributed by atoms with Crippen LogP contribution >= 0.6 is 11.8 Å². The Hall–Kier alpha value is -2.75. The van der Waals surface area contributed by atoms with Crippen molar-refractivity contribution in [3.8, 4) is 6.07 Å². The number of aliphatic hydroxyl groups excluding tert-OH is 3. The van der Waals surface area contributed by atoms with E-state index in [0.717, 1.165) is 17.8 Å². The average Bonchev–Trinajstić information content (AvgIpc) is 2.79. The molecule has 6 N–H and O–H groups in total. The van der Waals surface area contributed by atoms with Gasteiger partial charge in [0.15, 0.2) is 11.6 Å². The lowest BCUT2D eigenvalue weighted by atomic mass is 9.97. The summed E-state index contributed by atoms with van der Waals surface area (Å²) in [4.78, 5) is 4.56. The van der Waals surface area contributed by atoms with Crippen LogP contribution in [0.4, 0.5) is 8.78 Å². The van der Waals surface area contributed by atoms with Crippen molar-refractivity contribution >= 4 is 17.5 Å². The SMILES string of the molecule is Cc1cc(/C(N)=C/NC2C(O)C(CO)OC(Sc3ccc(C#N)nc3)C2O)cc(F)c1F. The Morgan fingerprint density at radius 3 is 2.69 bits per heavy atom. The molecule has 5 unspecified atom stereocenters. The van der Waals surface area contributed by atoms with Crippen LogP contribution in [-0.2, 0) is 4.74 Å². The number of nitrogens with one attached hydrogen (secondary N) is 1. The summed E-state index contributed by atoms with van der Waals surface area (Å²) in [6.07, 6.45) is -0.816. The van der Waals surface area contributed by atoms with E-state index < -0.39 is 48.0 Å². The fraction of sp³-hybridized carbons (Fsp3) is 0.333. The van der Waals surface area contributed by atoms with E-state index in [9.17, 15) is 24.1 Å². The fourth-order valence-corrected chi connectivity index (χ4v) is 4.23. The van der Waals surface area contributed by atoms with E-state index in [4.69, 9.17) is 15.7 Å². The number of nitriles is 1. The normalized spacial score (nSPS) is 25.9. The maximum absolute atomic E-state index is 13.7. The van der Waals surface area contributed by atoms with Crippen LogP contribution in [0.2, 0.25) is 0 Å². The zero-order chi connectivity index (χ0) is 23.4. The molecule has 0 spiro atoms. The topological polar surface area (TPSA) is 145 Å². The summed E-state index contributed by atoms with van der Waals surface area (Å²) in [5.74, 6) is -2.01. The van der Waals surface area contributed by atoms with Crippen LogP contribution in [0.25, 0.3) is 5.70 Å². The molecular weight excluding hydrogens is 442 g/mol. The highest BCUT2D eigenvalue weighted by molar-refractivity contribution is 7.99. The summed E-state index contributed by atoms with van der Waals surface area (Å²) in [6.45, 7) is 0.899. The number of thioether (sulfide) groups is 1. The number of hydrogen-bond acceptors (Lipinski definition) is 9. The van der Waals surface area contributed by atoms with Crippen LogP contribution in [0.3, 0.4) is 0 Å². The summed E-state index contributed by atoms with van der Waals surface area (Å²) in [6, 6.07) is 6.38. The number of aryl methyl sites for hydroxylation is 1. The average molecular weight is 464 g/mol. The standard InChI is InChI=1S/C21H22F2N4O4S/c1-10-4-11(5-14(22)17(10)23)15(25)8-27-18-19(29)16(9-28)31-21(20(18)30)32-13-3-2-12(6-24)26-7-13/h2-5,7-8,16,18-21,27-30H,9,25H2,1H3/b15-8-. The Kier molecular flexibility index (Phi) is 7.65. The molecule has 11 heteroatoms. The first-order valence-corrected chi connectivity index (χ1v) is 10.5. The van der Waals surface area contributed by atoms with Gasteiger partial charge in [0.25, 0.3) is 0 Å². The molecule has 0 radical (unpaired) electrons. The molecular formula is C21H22F2N4O4S. The number of pyridine rings is 1. The van der Waals surface area contributed by atoms with E-state index >= 15 is 0 Å². The number of nitrogens with zero attached hydrogens (tertiary/aromatic N) is 2. The van der Waals surface area contributed by atoms with Crippen LogP contribution in [0.5, 0.6) is 0 Å². The van der Waals surface area contributed by atoms with Gasteiger partial charge in [0, 0.05) is 22.9 Å². The first kappa shape index (κ1) is 23.9. The minimum absolute atomic E-state index is 0.0546. The van der Waals surface area contributed by atoms with Crippen molar-refractivity contribution in [2.75, 3.05) is 6.61 Å². The molecule has 3 rings (SSSR count). The molecule has 0 bridgehead atoms. The molecule has 1 aliphatic rings. The minimum atomic E-state index is -1.29. The van der Waals surface area contributed by atoms with E-state index in [0.29, 0.717) is 4.90 Å². The predicted octanol–water partition coefficient (Wildman–Crippen LogP) is 0.986. The number of halogens is 2. The summed E-state index contributed by atoms with van der Waals surface area (Å²) < 4.78 is 32.8. The van der Waals surface area contributed by atoms with Gasteiger partial charge in [-0.2, -0.15) is 5.26 Å². The molecule has 0 saturated carbocycles. The predicted molar refractivity (Wildman–Crippen MR) is 113 cm³/mol. The molecule has 1 fully saturated rings. The van der Waals surface area contributed by atoms with Gasteiger partial charge in [-0.1, -0.05) is 11.8 Å². The smallest absolute Gasteiger partial charge is 0.161 e. The minimum Gasteiger partial charge on any atom is -0.397 e. The molecule has 5 atom stereocenters. The Balaban J connectivity index is 1.78. The van der Waals surface area contributed by atoms with Gasteiger partial charge in [0.1, 0.15) is 35.5 Å². The van der Waals surface area contributed by atoms with Crippen LogP contribution in [-0.4, -0.2) is 56.7 Å². The van der Waals surface area contributed by atoms with Crippen molar-refractivity contribution in [3.05, 3.63) is 65.1 Å². The number of aliphatic hydroxyl groups is 3. The molecule has 2 heterocycles. The highest BCUT2D eigenvalue weighted by Gasteiger charge is 2.44. The number of hydrogen-bond donors (Lipinski definition) is 5. The molecule has 8 nitrogen and oxygen atoms in total. The molecule has 2 aromatic rings. The Morgan fingerprint density at radius 1 is 1.34 bits per heavy atom. The zero-order valence-electron chi connectivity index (χ0n) is 16.9. The van der Waals surface area contributed by atoms with E-state index in [1.165, 1.54) is 31.5 Å². The van der Waals surface area contributed by atoms with Crippen molar-refractivity contribution in [2.24, 2.45) is 5.73 Å². The zero-order valence-corrected chi connectivity index (χ0v) is 17.8. The van der Waals surface area contributed by atoms with Gasteiger partial charge in [-0.15, -0.1) is 0 Å². The number of rotatable bonds is 6. The molecule has 1 aliphatic heterocycles. The first-order valence-electron chi connectivity index (χ1n) is 9.58. The maximum Gasteiger partial charge on any atom is 0.161 e. The van der Waals surface area contributed by atoms with Crippen LogP contribution in [0.1, 0.15) is 16.8 Å². The molecule has 170 valence electrons. The second kappa shape index (κ2) is 10.2.